The summed E-state index contributed by atoms with van der Waals surface area (Å²) in [6.45, 7) is 1.89. The van der Waals surface area contributed by atoms with Crippen LogP contribution in [0.1, 0.15) is 18.7 Å². The first-order valence-corrected chi connectivity index (χ1v) is 6.08. The van der Waals surface area contributed by atoms with Gasteiger partial charge in [-0.25, -0.2) is 4.39 Å². The minimum atomic E-state index is -0.621. The minimum Gasteiger partial charge on any atom is -0.364 e. The van der Waals surface area contributed by atoms with Crippen LogP contribution in [0.4, 0.5) is 15.8 Å². The average molecular weight is 275 g/mol. The lowest BCUT2D eigenvalue weighted by atomic mass is 10.1. The molecule has 0 aliphatic rings. The van der Waals surface area contributed by atoms with Crippen molar-refractivity contribution in [1.82, 2.24) is 4.98 Å². The Labute approximate surface area is 115 Å². The molecule has 5 nitrogen and oxygen atoms in total. The zero-order valence-electron chi connectivity index (χ0n) is 11.2. The summed E-state index contributed by atoms with van der Waals surface area (Å²) >= 11 is 0. The molecule has 20 heavy (non-hydrogen) atoms. The first-order chi connectivity index (χ1) is 9.50. The monoisotopic (exact) mass is 275 g/mol. The summed E-state index contributed by atoms with van der Waals surface area (Å²) in [6, 6.07) is 9.00. The van der Waals surface area contributed by atoms with Gasteiger partial charge >= 0.3 is 0 Å². The van der Waals surface area contributed by atoms with Crippen LogP contribution in [0.2, 0.25) is 0 Å². The van der Waals surface area contributed by atoms with E-state index in [9.17, 15) is 14.5 Å². The molecule has 0 bridgehead atoms. The lowest BCUT2D eigenvalue weighted by molar-refractivity contribution is -0.385. The number of anilines is 1. The van der Waals surface area contributed by atoms with Gasteiger partial charge in [-0.05, 0) is 25.1 Å². The van der Waals surface area contributed by atoms with Gasteiger partial charge in [-0.2, -0.15) is 0 Å². The number of hydrogen-bond donors (Lipinski definition) is 0. The molecule has 6 heteroatoms. The molecule has 0 saturated heterocycles. The number of rotatable bonds is 4. The van der Waals surface area contributed by atoms with E-state index in [2.05, 4.69) is 4.98 Å². The highest BCUT2D eigenvalue weighted by molar-refractivity contribution is 5.53. The maximum absolute atomic E-state index is 14.0. The Hall–Kier alpha value is -2.50. The van der Waals surface area contributed by atoms with Crippen molar-refractivity contribution < 1.29 is 9.31 Å². The third-order valence-corrected chi connectivity index (χ3v) is 3.22. The number of nitro benzene ring substituents is 1. The number of nitro groups is 1. The number of non-ortho nitro benzene ring substituents is 1. The predicted octanol–water partition coefficient (Wildman–Crippen LogP) is 3.33. The summed E-state index contributed by atoms with van der Waals surface area (Å²) in [7, 11) is 1.73. The first-order valence-electron chi connectivity index (χ1n) is 6.08. The van der Waals surface area contributed by atoms with E-state index in [1.54, 1.807) is 18.1 Å². The Morgan fingerprint density at radius 3 is 2.65 bits per heavy atom. The lowest BCUT2D eigenvalue weighted by Crippen LogP contribution is -2.23. The van der Waals surface area contributed by atoms with E-state index in [0.29, 0.717) is 5.69 Å². The quantitative estimate of drug-likeness (QED) is 0.634. The molecule has 1 unspecified atom stereocenters. The van der Waals surface area contributed by atoms with Gasteiger partial charge in [-0.3, -0.25) is 15.1 Å². The molecule has 0 aliphatic carbocycles. The van der Waals surface area contributed by atoms with Gasteiger partial charge in [0.15, 0.2) is 5.82 Å². The van der Waals surface area contributed by atoms with Gasteiger partial charge < -0.3 is 4.90 Å². The molecular formula is C14H14FN3O2. The Morgan fingerprint density at radius 1 is 1.35 bits per heavy atom. The highest BCUT2D eigenvalue weighted by atomic mass is 19.1. The highest BCUT2D eigenvalue weighted by Gasteiger charge is 2.18. The van der Waals surface area contributed by atoms with Crippen molar-refractivity contribution in [2.75, 3.05) is 11.9 Å². The van der Waals surface area contributed by atoms with E-state index in [1.165, 1.54) is 12.1 Å². The molecule has 0 saturated carbocycles. The summed E-state index contributed by atoms with van der Waals surface area (Å²) in [6.07, 6.45) is 1.67. The van der Waals surface area contributed by atoms with E-state index in [1.807, 2.05) is 25.1 Å². The molecule has 2 rings (SSSR count). The molecule has 0 amide bonds. The predicted molar refractivity (Wildman–Crippen MR) is 74.1 cm³/mol. The Bertz CT molecular complexity index is 619. The summed E-state index contributed by atoms with van der Waals surface area (Å²) in [4.78, 5) is 15.9. The van der Waals surface area contributed by atoms with Crippen molar-refractivity contribution in [3.63, 3.8) is 0 Å². The molecule has 0 aliphatic heterocycles. The zero-order valence-corrected chi connectivity index (χ0v) is 11.2. The van der Waals surface area contributed by atoms with Gasteiger partial charge in [0.1, 0.15) is 0 Å². The molecule has 0 radical (unpaired) electrons. The van der Waals surface area contributed by atoms with Crippen molar-refractivity contribution >= 4 is 11.4 Å². The van der Waals surface area contributed by atoms with E-state index in [0.717, 1.165) is 11.8 Å². The lowest BCUT2D eigenvalue weighted by Gasteiger charge is -2.26. The van der Waals surface area contributed by atoms with Crippen LogP contribution in [0.3, 0.4) is 0 Å². The smallest absolute Gasteiger partial charge is 0.272 e. The largest absolute Gasteiger partial charge is 0.364 e. The fraction of sp³-hybridized carbons (Fsp3) is 0.214. The molecule has 0 spiro atoms. The minimum absolute atomic E-state index is 0.146. The topological polar surface area (TPSA) is 59.3 Å². The zero-order chi connectivity index (χ0) is 14.7. The van der Waals surface area contributed by atoms with Crippen LogP contribution < -0.4 is 4.90 Å². The Balaban J connectivity index is 2.29. The van der Waals surface area contributed by atoms with Gasteiger partial charge in [0.05, 0.1) is 28.4 Å². The van der Waals surface area contributed by atoms with Crippen molar-refractivity contribution in [3.05, 3.63) is 64.2 Å². The normalized spacial score (nSPS) is 11.9. The van der Waals surface area contributed by atoms with Crippen LogP contribution in [0, 0.1) is 15.9 Å². The van der Waals surface area contributed by atoms with E-state index in [4.69, 9.17) is 0 Å². The Kier molecular flexibility index (Phi) is 3.93. The number of benzene rings is 1. The SMILES string of the molecule is CC(c1ccccn1)N(C)c1ccc([N+](=O)[O-])cc1F. The van der Waals surface area contributed by atoms with Crippen molar-refractivity contribution in [1.29, 1.82) is 0 Å². The molecule has 0 fully saturated rings. The van der Waals surface area contributed by atoms with E-state index in [-0.39, 0.29) is 11.7 Å². The molecule has 1 aromatic carbocycles. The van der Waals surface area contributed by atoms with Crippen LogP contribution in [-0.2, 0) is 0 Å². The number of hydrogen-bond acceptors (Lipinski definition) is 4. The van der Waals surface area contributed by atoms with Crippen LogP contribution in [-0.4, -0.2) is 17.0 Å². The molecular weight excluding hydrogens is 261 g/mol. The molecule has 2 aromatic rings. The highest BCUT2D eigenvalue weighted by Crippen LogP contribution is 2.28. The third-order valence-electron chi connectivity index (χ3n) is 3.22. The average Bonchev–Trinajstić information content (AvgIpc) is 2.46. The van der Waals surface area contributed by atoms with Gasteiger partial charge in [0.2, 0.25) is 0 Å². The van der Waals surface area contributed by atoms with Gasteiger partial charge in [0, 0.05) is 19.3 Å². The van der Waals surface area contributed by atoms with Crippen molar-refractivity contribution in [2.45, 2.75) is 13.0 Å². The third kappa shape index (κ3) is 2.74. The maximum Gasteiger partial charge on any atom is 0.272 e. The van der Waals surface area contributed by atoms with Crippen LogP contribution in [0.5, 0.6) is 0 Å². The van der Waals surface area contributed by atoms with Crippen LogP contribution in [0.25, 0.3) is 0 Å². The van der Waals surface area contributed by atoms with Crippen molar-refractivity contribution in [2.24, 2.45) is 0 Å². The molecule has 104 valence electrons. The molecule has 1 atom stereocenters. The number of nitrogens with zero attached hydrogens (tertiary/aromatic N) is 3. The van der Waals surface area contributed by atoms with Crippen LogP contribution in [0.15, 0.2) is 42.6 Å². The number of aromatic nitrogens is 1. The Morgan fingerprint density at radius 2 is 2.10 bits per heavy atom. The summed E-state index contributed by atoms with van der Waals surface area (Å²) in [5.41, 5.74) is 0.839. The fourth-order valence-electron chi connectivity index (χ4n) is 1.93. The van der Waals surface area contributed by atoms with Crippen molar-refractivity contribution in [3.8, 4) is 0 Å². The molecule has 1 heterocycles. The molecule has 0 N–H and O–H groups in total. The van der Waals surface area contributed by atoms with E-state index >= 15 is 0 Å². The second kappa shape index (κ2) is 5.64. The van der Waals surface area contributed by atoms with E-state index < -0.39 is 10.7 Å². The fourth-order valence-corrected chi connectivity index (χ4v) is 1.93. The standard InChI is InChI=1S/C14H14FN3O2/c1-10(13-5-3-4-8-16-13)17(2)14-7-6-11(18(19)20)9-12(14)15/h3-10H,1-2H3. The van der Waals surface area contributed by atoms with Gasteiger partial charge in [-0.15, -0.1) is 0 Å². The van der Waals surface area contributed by atoms with Crippen LogP contribution >= 0.6 is 0 Å². The molecule has 1 aromatic heterocycles. The maximum atomic E-state index is 14.0. The summed E-state index contributed by atoms with van der Waals surface area (Å²) in [5, 5.41) is 10.6. The number of pyridine rings is 1. The second-order valence-corrected chi connectivity index (χ2v) is 4.43. The van der Waals surface area contributed by atoms with Gasteiger partial charge in [-0.1, -0.05) is 6.07 Å². The second-order valence-electron chi connectivity index (χ2n) is 4.43. The first kappa shape index (κ1) is 13.9. The van der Waals surface area contributed by atoms with Gasteiger partial charge in [0.25, 0.3) is 5.69 Å². The number of halogens is 1. The summed E-state index contributed by atoms with van der Waals surface area (Å²) < 4.78 is 14.0. The summed E-state index contributed by atoms with van der Waals surface area (Å²) in [5.74, 6) is -0.621.